The second-order valence-electron chi connectivity index (χ2n) is 4.40. The summed E-state index contributed by atoms with van der Waals surface area (Å²) in [5.41, 5.74) is 1.86. The molecule has 3 heteroatoms. The Hall–Kier alpha value is -0.830. The minimum atomic E-state index is 0.108. The van der Waals surface area contributed by atoms with Gasteiger partial charge in [-0.15, -0.1) is 0 Å². The average Bonchev–Trinajstić information content (AvgIpc) is 2.32. The van der Waals surface area contributed by atoms with Gasteiger partial charge in [0.25, 0.3) is 5.91 Å². The maximum Gasteiger partial charge on any atom is 0.253 e. The normalized spacial score (nSPS) is 10.4. The molecule has 0 unspecified atom stereocenters. The molecule has 1 amide bonds. The Balaban J connectivity index is 2.65. The van der Waals surface area contributed by atoms with Crippen LogP contribution in [0.15, 0.2) is 22.7 Å². The molecule has 1 aromatic carbocycles. The molecule has 0 aliphatic heterocycles. The lowest BCUT2D eigenvalue weighted by molar-refractivity contribution is 0.0792. The zero-order valence-electron chi connectivity index (χ0n) is 10.8. The van der Waals surface area contributed by atoms with Gasteiger partial charge in [0.15, 0.2) is 0 Å². The summed E-state index contributed by atoms with van der Waals surface area (Å²) in [6.07, 6.45) is 3.44. The Morgan fingerprint density at radius 2 is 2.06 bits per heavy atom. The van der Waals surface area contributed by atoms with Crippen LogP contribution in [0.1, 0.15) is 42.1 Å². The smallest absolute Gasteiger partial charge is 0.253 e. The number of rotatable bonds is 5. The van der Waals surface area contributed by atoms with Gasteiger partial charge in [-0.2, -0.15) is 0 Å². The van der Waals surface area contributed by atoms with Gasteiger partial charge in [0.1, 0.15) is 0 Å². The fourth-order valence-corrected chi connectivity index (χ4v) is 1.95. The van der Waals surface area contributed by atoms with E-state index in [4.69, 9.17) is 0 Å². The number of benzene rings is 1. The predicted octanol–water partition coefficient (Wildman–Crippen LogP) is 4.02. The number of carbonyl (C=O) groups excluding carboxylic acids is 1. The molecule has 0 aliphatic carbocycles. The van der Waals surface area contributed by atoms with Crippen LogP contribution in [0.2, 0.25) is 0 Å². The molecule has 94 valence electrons. The highest BCUT2D eigenvalue weighted by Crippen LogP contribution is 2.18. The van der Waals surface area contributed by atoms with Crippen molar-refractivity contribution in [2.75, 3.05) is 13.6 Å². The van der Waals surface area contributed by atoms with Crippen molar-refractivity contribution in [3.63, 3.8) is 0 Å². The highest BCUT2D eigenvalue weighted by Gasteiger charge is 2.11. The van der Waals surface area contributed by atoms with Crippen molar-refractivity contribution < 1.29 is 4.79 Å². The number of hydrogen-bond donors (Lipinski definition) is 0. The third-order valence-corrected chi connectivity index (χ3v) is 3.74. The van der Waals surface area contributed by atoms with Crippen molar-refractivity contribution in [3.8, 4) is 0 Å². The lowest BCUT2D eigenvalue weighted by atomic mass is 10.1. The monoisotopic (exact) mass is 297 g/mol. The van der Waals surface area contributed by atoms with Crippen LogP contribution in [0.3, 0.4) is 0 Å². The molecule has 1 aromatic rings. The van der Waals surface area contributed by atoms with Gasteiger partial charge >= 0.3 is 0 Å². The Bertz CT molecular complexity index is 390. The third-order valence-electron chi connectivity index (χ3n) is 2.85. The standard InChI is InChI=1S/C14H20BrNO/c1-4-5-6-9-16(3)14(17)12-7-8-13(15)11(2)10-12/h7-8,10H,4-6,9H2,1-3H3. The van der Waals surface area contributed by atoms with Crippen LogP contribution in [0.25, 0.3) is 0 Å². The predicted molar refractivity (Wildman–Crippen MR) is 75.4 cm³/mol. The summed E-state index contributed by atoms with van der Waals surface area (Å²) < 4.78 is 1.04. The van der Waals surface area contributed by atoms with E-state index in [0.717, 1.165) is 28.6 Å². The Labute approximate surface area is 112 Å². The van der Waals surface area contributed by atoms with Crippen molar-refractivity contribution in [3.05, 3.63) is 33.8 Å². The van der Waals surface area contributed by atoms with Crippen molar-refractivity contribution in [2.24, 2.45) is 0 Å². The van der Waals surface area contributed by atoms with Crippen LogP contribution in [0, 0.1) is 6.92 Å². The molecular weight excluding hydrogens is 278 g/mol. The van der Waals surface area contributed by atoms with Gasteiger partial charge in [-0.3, -0.25) is 4.79 Å². The molecule has 0 saturated heterocycles. The molecule has 0 aliphatic rings. The molecule has 0 atom stereocenters. The fourth-order valence-electron chi connectivity index (χ4n) is 1.70. The van der Waals surface area contributed by atoms with E-state index in [9.17, 15) is 4.79 Å². The molecule has 17 heavy (non-hydrogen) atoms. The van der Waals surface area contributed by atoms with Crippen LogP contribution in [0.4, 0.5) is 0 Å². The molecular formula is C14H20BrNO. The van der Waals surface area contributed by atoms with Crippen molar-refractivity contribution in [2.45, 2.75) is 33.1 Å². The van der Waals surface area contributed by atoms with Crippen molar-refractivity contribution in [1.82, 2.24) is 4.90 Å². The minimum Gasteiger partial charge on any atom is -0.342 e. The van der Waals surface area contributed by atoms with Crippen LogP contribution >= 0.6 is 15.9 Å². The van der Waals surface area contributed by atoms with Gasteiger partial charge in [-0.1, -0.05) is 35.7 Å². The van der Waals surface area contributed by atoms with Gasteiger partial charge < -0.3 is 4.90 Å². The fraction of sp³-hybridized carbons (Fsp3) is 0.500. The molecule has 0 bridgehead atoms. The lowest BCUT2D eigenvalue weighted by Gasteiger charge is -2.17. The van der Waals surface area contributed by atoms with Crippen molar-refractivity contribution >= 4 is 21.8 Å². The number of hydrogen-bond acceptors (Lipinski definition) is 1. The van der Waals surface area contributed by atoms with Gasteiger partial charge in [-0.25, -0.2) is 0 Å². The first-order valence-electron chi connectivity index (χ1n) is 6.08. The molecule has 0 saturated carbocycles. The van der Waals surface area contributed by atoms with Crippen molar-refractivity contribution in [1.29, 1.82) is 0 Å². The second-order valence-corrected chi connectivity index (χ2v) is 5.25. The zero-order chi connectivity index (χ0) is 12.8. The number of aryl methyl sites for hydroxylation is 1. The first kappa shape index (κ1) is 14.2. The number of unbranched alkanes of at least 4 members (excludes halogenated alkanes) is 2. The number of carbonyl (C=O) groups is 1. The van der Waals surface area contributed by atoms with E-state index in [1.165, 1.54) is 12.8 Å². The van der Waals surface area contributed by atoms with Crippen LogP contribution in [-0.4, -0.2) is 24.4 Å². The Kier molecular flexibility index (Phi) is 5.69. The van der Waals surface area contributed by atoms with E-state index in [1.807, 2.05) is 32.2 Å². The van der Waals surface area contributed by atoms with Gasteiger partial charge in [0.2, 0.25) is 0 Å². The lowest BCUT2D eigenvalue weighted by Crippen LogP contribution is -2.27. The second kappa shape index (κ2) is 6.80. The van der Waals surface area contributed by atoms with E-state index in [0.29, 0.717) is 0 Å². The van der Waals surface area contributed by atoms with Gasteiger partial charge in [0, 0.05) is 23.6 Å². The highest BCUT2D eigenvalue weighted by molar-refractivity contribution is 9.10. The van der Waals surface area contributed by atoms with E-state index < -0.39 is 0 Å². The summed E-state index contributed by atoms with van der Waals surface area (Å²) in [7, 11) is 1.87. The van der Waals surface area contributed by atoms with E-state index in [-0.39, 0.29) is 5.91 Å². The van der Waals surface area contributed by atoms with Gasteiger partial charge in [-0.05, 0) is 37.1 Å². The number of amides is 1. The SMILES string of the molecule is CCCCCN(C)C(=O)c1ccc(Br)c(C)c1. The topological polar surface area (TPSA) is 20.3 Å². The summed E-state index contributed by atoms with van der Waals surface area (Å²) in [6, 6.07) is 5.74. The van der Waals surface area contributed by atoms with E-state index in [1.54, 1.807) is 4.90 Å². The largest absolute Gasteiger partial charge is 0.342 e. The van der Waals surface area contributed by atoms with E-state index in [2.05, 4.69) is 22.9 Å². The Morgan fingerprint density at radius 1 is 1.35 bits per heavy atom. The average molecular weight is 298 g/mol. The minimum absolute atomic E-state index is 0.108. The molecule has 0 aromatic heterocycles. The first-order chi connectivity index (χ1) is 8.06. The number of nitrogens with zero attached hydrogens (tertiary/aromatic N) is 1. The van der Waals surface area contributed by atoms with E-state index >= 15 is 0 Å². The Morgan fingerprint density at radius 3 is 2.65 bits per heavy atom. The molecule has 0 radical (unpaired) electrons. The first-order valence-corrected chi connectivity index (χ1v) is 6.87. The summed E-state index contributed by atoms with van der Waals surface area (Å²) >= 11 is 3.44. The highest BCUT2D eigenvalue weighted by atomic mass is 79.9. The molecule has 0 N–H and O–H groups in total. The van der Waals surface area contributed by atoms with Crippen LogP contribution in [-0.2, 0) is 0 Å². The molecule has 0 heterocycles. The van der Waals surface area contributed by atoms with Crippen LogP contribution in [0.5, 0.6) is 0 Å². The summed E-state index contributed by atoms with van der Waals surface area (Å²) in [6.45, 7) is 5.00. The zero-order valence-corrected chi connectivity index (χ0v) is 12.4. The molecule has 0 fully saturated rings. The molecule has 2 nitrogen and oxygen atoms in total. The third kappa shape index (κ3) is 4.15. The quantitative estimate of drug-likeness (QED) is 0.752. The van der Waals surface area contributed by atoms with Gasteiger partial charge in [0.05, 0.1) is 0 Å². The molecule has 1 rings (SSSR count). The summed E-state index contributed by atoms with van der Waals surface area (Å²) in [4.78, 5) is 13.9. The molecule has 0 spiro atoms. The maximum absolute atomic E-state index is 12.1. The summed E-state index contributed by atoms with van der Waals surface area (Å²) in [5.74, 6) is 0.108. The summed E-state index contributed by atoms with van der Waals surface area (Å²) in [5, 5.41) is 0. The number of halogens is 1. The maximum atomic E-state index is 12.1. The van der Waals surface area contributed by atoms with Crippen LogP contribution < -0.4 is 0 Å².